The highest BCUT2D eigenvalue weighted by Gasteiger charge is 2.50. The maximum atomic E-state index is 13.0. The molecule has 32 heavy (non-hydrogen) atoms. The summed E-state index contributed by atoms with van der Waals surface area (Å²) in [4.78, 5) is 19.7. The Morgan fingerprint density at radius 1 is 1.19 bits per heavy atom. The lowest BCUT2D eigenvalue weighted by Gasteiger charge is -2.37. The van der Waals surface area contributed by atoms with Crippen LogP contribution in [0.15, 0.2) is 43.0 Å². The van der Waals surface area contributed by atoms with Crippen LogP contribution in [0, 0.1) is 5.41 Å². The van der Waals surface area contributed by atoms with Gasteiger partial charge in [-0.25, -0.2) is 4.98 Å². The monoisotopic (exact) mass is 431 g/mol. The van der Waals surface area contributed by atoms with Crippen LogP contribution < -0.4 is 4.90 Å². The number of ether oxygens (including phenoxy) is 1. The molecule has 1 atom stereocenters. The van der Waals surface area contributed by atoms with Crippen LogP contribution in [-0.2, 0) is 22.5 Å². The second-order valence-corrected chi connectivity index (χ2v) is 8.86. The van der Waals surface area contributed by atoms with E-state index in [2.05, 4.69) is 48.8 Å². The van der Waals surface area contributed by atoms with Gasteiger partial charge in [0.2, 0.25) is 5.65 Å². The van der Waals surface area contributed by atoms with E-state index in [-0.39, 0.29) is 12.1 Å². The van der Waals surface area contributed by atoms with Crippen LogP contribution in [0.3, 0.4) is 0 Å². The minimum Gasteiger partial charge on any atom is -0.460 e. The second kappa shape index (κ2) is 7.29. The number of esters is 1. The van der Waals surface area contributed by atoms with Crippen molar-refractivity contribution in [3.8, 4) is 0 Å². The zero-order chi connectivity index (χ0) is 21.7. The standard InChI is InChI=1S/C23H25N7O2/c1-2-16-11-20(21-26-25-15-30(21)27-16)28-9-7-23(8-10-28)12-17(32-22(23)31)13-29-14-24-18-5-3-4-6-19(18)29/h3-6,11,14-15,17H,2,7-10,12-13H2,1H3. The Balaban J connectivity index is 1.19. The number of rotatable bonds is 4. The van der Waals surface area contributed by atoms with Gasteiger partial charge in [0.15, 0.2) is 0 Å². The summed E-state index contributed by atoms with van der Waals surface area (Å²) in [6.07, 6.45) is 6.50. The number of anilines is 1. The van der Waals surface area contributed by atoms with Gasteiger partial charge in [0, 0.05) is 19.5 Å². The van der Waals surface area contributed by atoms with Crippen LogP contribution in [0.4, 0.5) is 5.69 Å². The number of hydrogen-bond acceptors (Lipinski definition) is 7. The molecule has 0 N–H and O–H groups in total. The van der Waals surface area contributed by atoms with Crippen LogP contribution in [-0.4, -0.2) is 54.5 Å². The fraction of sp³-hybridized carbons (Fsp3) is 0.435. The molecule has 2 aliphatic heterocycles. The lowest BCUT2D eigenvalue weighted by molar-refractivity contribution is -0.150. The maximum absolute atomic E-state index is 13.0. The molecule has 5 heterocycles. The van der Waals surface area contributed by atoms with E-state index >= 15 is 0 Å². The molecule has 9 heteroatoms. The van der Waals surface area contributed by atoms with E-state index in [1.165, 1.54) is 0 Å². The van der Waals surface area contributed by atoms with Gasteiger partial charge in [-0.2, -0.15) is 9.61 Å². The Morgan fingerprint density at radius 3 is 2.88 bits per heavy atom. The quantitative estimate of drug-likeness (QED) is 0.459. The number of carbonyl (C=O) groups is 1. The molecule has 0 aliphatic carbocycles. The van der Waals surface area contributed by atoms with E-state index in [4.69, 9.17) is 4.74 Å². The van der Waals surface area contributed by atoms with E-state index in [1.807, 2.05) is 24.5 Å². The largest absolute Gasteiger partial charge is 0.460 e. The average Bonchev–Trinajstić information content (AvgIpc) is 3.52. The number of piperidine rings is 1. The van der Waals surface area contributed by atoms with Crippen LogP contribution in [0.1, 0.15) is 31.9 Å². The Hall–Kier alpha value is -3.49. The van der Waals surface area contributed by atoms with Gasteiger partial charge < -0.3 is 14.2 Å². The Kier molecular flexibility index (Phi) is 4.38. The summed E-state index contributed by atoms with van der Waals surface area (Å²) in [7, 11) is 0. The number of aryl methyl sites for hydroxylation is 1. The first-order valence-corrected chi connectivity index (χ1v) is 11.2. The first kappa shape index (κ1) is 19.2. The predicted molar refractivity (Wildman–Crippen MR) is 118 cm³/mol. The molecule has 0 radical (unpaired) electrons. The summed E-state index contributed by atoms with van der Waals surface area (Å²) in [5.74, 6) is -0.0526. The van der Waals surface area contributed by atoms with Gasteiger partial charge in [-0.1, -0.05) is 19.1 Å². The highest BCUT2D eigenvalue weighted by Crippen LogP contribution is 2.44. The minimum atomic E-state index is -0.401. The van der Waals surface area contributed by atoms with Gasteiger partial charge in [0.25, 0.3) is 0 Å². The summed E-state index contributed by atoms with van der Waals surface area (Å²) in [6.45, 7) is 4.30. The predicted octanol–water partition coefficient (Wildman–Crippen LogP) is 2.64. The summed E-state index contributed by atoms with van der Waals surface area (Å²) < 4.78 is 9.70. The van der Waals surface area contributed by atoms with Crippen molar-refractivity contribution in [2.45, 2.75) is 45.3 Å². The number of nitrogens with zero attached hydrogens (tertiary/aromatic N) is 7. The van der Waals surface area contributed by atoms with Crippen molar-refractivity contribution in [2.75, 3.05) is 18.0 Å². The van der Waals surface area contributed by atoms with Crippen LogP contribution in [0.5, 0.6) is 0 Å². The Morgan fingerprint density at radius 2 is 2.03 bits per heavy atom. The van der Waals surface area contributed by atoms with Crippen molar-refractivity contribution in [1.29, 1.82) is 0 Å². The van der Waals surface area contributed by atoms with E-state index < -0.39 is 5.41 Å². The van der Waals surface area contributed by atoms with E-state index in [9.17, 15) is 4.79 Å². The van der Waals surface area contributed by atoms with Gasteiger partial charge in [0.05, 0.1) is 40.7 Å². The summed E-state index contributed by atoms with van der Waals surface area (Å²) in [5.41, 5.74) is 4.43. The van der Waals surface area contributed by atoms with Gasteiger partial charge in [-0.05, 0) is 37.5 Å². The van der Waals surface area contributed by atoms with Gasteiger partial charge >= 0.3 is 5.97 Å². The molecule has 6 rings (SSSR count). The highest BCUT2D eigenvalue weighted by molar-refractivity contribution is 5.80. The van der Waals surface area contributed by atoms with E-state index in [0.29, 0.717) is 6.54 Å². The van der Waals surface area contributed by atoms with Crippen molar-refractivity contribution in [1.82, 2.24) is 29.4 Å². The number of hydrogen-bond donors (Lipinski definition) is 0. The molecular weight excluding hydrogens is 406 g/mol. The van der Waals surface area contributed by atoms with Crippen molar-refractivity contribution in [3.63, 3.8) is 0 Å². The zero-order valence-corrected chi connectivity index (χ0v) is 18.0. The topological polar surface area (TPSA) is 90.4 Å². The third kappa shape index (κ3) is 3.03. The molecule has 3 aromatic heterocycles. The fourth-order valence-corrected chi connectivity index (χ4v) is 5.16. The number of imidazole rings is 1. The summed E-state index contributed by atoms with van der Waals surface area (Å²) >= 11 is 0. The molecule has 2 saturated heterocycles. The third-order valence-electron chi connectivity index (χ3n) is 6.98. The Bertz CT molecular complexity index is 1300. The van der Waals surface area contributed by atoms with Crippen LogP contribution in [0.2, 0.25) is 0 Å². The molecule has 0 bridgehead atoms. The molecule has 164 valence electrons. The number of carbonyl (C=O) groups excluding carboxylic acids is 1. The molecular formula is C23H25N7O2. The molecule has 2 fully saturated rings. The molecule has 1 aromatic carbocycles. The lowest BCUT2D eigenvalue weighted by atomic mass is 9.76. The third-order valence-corrected chi connectivity index (χ3v) is 6.98. The van der Waals surface area contributed by atoms with Crippen LogP contribution >= 0.6 is 0 Å². The maximum Gasteiger partial charge on any atom is 0.312 e. The summed E-state index contributed by atoms with van der Waals surface area (Å²) in [5, 5.41) is 12.8. The van der Waals surface area contributed by atoms with Gasteiger partial charge in [0.1, 0.15) is 12.4 Å². The van der Waals surface area contributed by atoms with Crippen LogP contribution in [0.25, 0.3) is 16.7 Å². The van der Waals surface area contributed by atoms with Crippen molar-refractivity contribution in [3.05, 3.63) is 48.7 Å². The van der Waals surface area contributed by atoms with Crippen molar-refractivity contribution in [2.24, 2.45) is 5.41 Å². The van der Waals surface area contributed by atoms with Gasteiger partial charge in [-0.3, -0.25) is 4.79 Å². The number of cyclic esters (lactones) is 1. The zero-order valence-electron chi connectivity index (χ0n) is 18.0. The minimum absolute atomic E-state index is 0.0526. The molecule has 1 unspecified atom stereocenters. The average molecular weight is 432 g/mol. The number of fused-ring (bicyclic) bond motifs is 2. The SMILES string of the molecule is CCc1cc(N2CCC3(CC2)CC(Cn2cnc4ccccc42)OC3=O)c2nncn2n1. The number of aromatic nitrogens is 6. The van der Waals surface area contributed by atoms with Crippen molar-refractivity contribution < 1.29 is 9.53 Å². The molecule has 9 nitrogen and oxygen atoms in total. The Labute approximate surface area is 185 Å². The lowest BCUT2D eigenvalue weighted by Crippen LogP contribution is -2.42. The van der Waals surface area contributed by atoms with E-state index in [0.717, 1.165) is 66.8 Å². The molecule has 0 amide bonds. The first-order chi connectivity index (χ1) is 15.6. The normalized spacial score (nSPS) is 20.5. The number of benzene rings is 1. The first-order valence-electron chi connectivity index (χ1n) is 11.2. The molecule has 2 aliphatic rings. The fourth-order valence-electron chi connectivity index (χ4n) is 5.16. The number of para-hydroxylation sites is 2. The van der Waals surface area contributed by atoms with Crippen molar-refractivity contribution >= 4 is 28.3 Å². The molecule has 1 spiro atoms. The highest BCUT2D eigenvalue weighted by atomic mass is 16.6. The summed E-state index contributed by atoms with van der Waals surface area (Å²) in [6, 6.07) is 10.1. The second-order valence-electron chi connectivity index (χ2n) is 8.86. The van der Waals surface area contributed by atoms with E-state index in [1.54, 1.807) is 10.8 Å². The molecule has 0 saturated carbocycles. The van der Waals surface area contributed by atoms with Gasteiger partial charge in [-0.15, -0.1) is 10.2 Å². The molecule has 4 aromatic rings. The smallest absolute Gasteiger partial charge is 0.312 e.